The predicted molar refractivity (Wildman–Crippen MR) is 63.2 cm³/mol. The molecule has 2 rings (SSSR count). The highest BCUT2D eigenvalue weighted by Gasteiger charge is 2.35. The molecular formula is C13H21NO2. The van der Waals surface area contributed by atoms with Crippen molar-refractivity contribution in [3.05, 3.63) is 11.6 Å². The Morgan fingerprint density at radius 3 is 2.56 bits per heavy atom. The number of ether oxygens (including phenoxy) is 1. The molecule has 0 aromatic carbocycles. The van der Waals surface area contributed by atoms with Gasteiger partial charge in [-0.15, -0.1) is 0 Å². The van der Waals surface area contributed by atoms with E-state index < -0.39 is 5.60 Å². The molecule has 0 unspecified atom stereocenters. The maximum Gasteiger partial charge on any atom is 0.411 e. The highest BCUT2D eigenvalue weighted by molar-refractivity contribution is 5.70. The number of hydrogen-bond donors (Lipinski definition) is 0. The molecule has 2 aliphatic rings. The van der Waals surface area contributed by atoms with Gasteiger partial charge in [-0.3, -0.25) is 4.90 Å². The molecule has 3 nitrogen and oxygen atoms in total. The zero-order valence-electron chi connectivity index (χ0n) is 10.6. The van der Waals surface area contributed by atoms with Crippen molar-refractivity contribution in [2.45, 2.75) is 52.2 Å². The topological polar surface area (TPSA) is 29.5 Å². The fraction of sp³-hybridized carbons (Fsp3) is 0.769. The van der Waals surface area contributed by atoms with Gasteiger partial charge in [0.2, 0.25) is 0 Å². The molecule has 90 valence electrons. The molecule has 1 atom stereocenters. The summed E-state index contributed by atoms with van der Waals surface area (Å²) in [7, 11) is 0. The average Bonchev–Trinajstić information content (AvgIpc) is 2.87. The van der Waals surface area contributed by atoms with Gasteiger partial charge < -0.3 is 4.74 Å². The fourth-order valence-electron chi connectivity index (χ4n) is 2.06. The molecule has 0 aromatic heterocycles. The fourth-order valence-corrected chi connectivity index (χ4v) is 2.06. The van der Waals surface area contributed by atoms with Crippen LogP contribution in [0.25, 0.3) is 0 Å². The number of rotatable bonds is 1. The minimum Gasteiger partial charge on any atom is -0.444 e. The summed E-state index contributed by atoms with van der Waals surface area (Å²) in [6.07, 6.45) is 4.62. The third-order valence-electron chi connectivity index (χ3n) is 3.03. The van der Waals surface area contributed by atoms with Gasteiger partial charge in [-0.2, -0.15) is 0 Å². The maximum atomic E-state index is 11.9. The molecule has 0 spiro atoms. The summed E-state index contributed by atoms with van der Waals surface area (Å²) in [4.78, 5) is 13.7. The number of hydrogen-bond acceptors (Lipinski definition) is 2. The largest absolute Gasteiger partial charge is 0.444 e. The van der Waals surface area contributed by atoms with Crippen molar-refractivity contribution in [1.29, 1.82) is 0 Å². The van der Waals surface area contributed by atoms with Crippen LogP contribution in [0.3, 0.4) is 0 Å². The van der Waals surface area contributed by atoms with Crippen LogP contribution < -0.4 is 0 Å². The summed E-state index contributed by atoms with van der Waals surface area (Å²) in [6, 6.07) is 0.186. The van der Waals surface area contributed by atoms with Crippen molar-refractivity contribution in [3.8, 4) is 0 Å². The molecule has 1 amide bonds. The first kappa shape index (κ1) is 11.5. The maximum absolute atomic E-state index is 11.9. The van der Waals surface area contributed by atoms with E-state index in [4.69, 9.17) is 4.74 Å². The Labute approximate surface area is 97.5 Å². The first-order valence-electron chi connectivity index (χ1n) is 6.07. The number of carbonyl (C=O) groups excluding carboxylic acids is 1. The Balaban J connectivity index is 1.94. The summed E-state index contributed by atoms with van der Waals surface area (Å²) >= 11 is 0. The molecule has 1 aliphatic heterocycles. The van der Waals surface area contributed by atoms with Gasteiger partial charge in [0.25, 0.3) is 0 Å². The van der Waals surface area contributed by atoms with Crippen LogP contribution in [0, 0.1) is 5.92 Å². The van der Waals surface area contributed by atoms with Gasteiger partial charge >= 0.3 is 6.09 Å². The van der Waals surface area contributed by atoms with Crippen LogP contribution in [0.1, 0.15) is 40.5 Å². The second-order valence-electron chi connectivity index (χ2n) is 5.86. The van der Waals surface area contributed by atoms with E-state index in [0.717, 1.165) is 12.5 Å². The SMILES string of the molecule is C[C@@H]1C=C(C2CC2)CN1C(=O)OC(C)(C)C. The van der Waals surface area contributed by atoms with Gasteiger partial charge in [0.1, 0.15) is 5.60 Å². The molecule has 16 heavy (non-hydrogen) atoms. The minimum absolute atomic E-state index is 0.186. The van der Waals surface area contributed by atoms with Crippen LogP contribution in [-0.4, -0.2) is 29.2 Å². The second-order valence-corrected chi connectivity index (χ2v) is 5.86. The molecule has 1 fully saturated rings. The van der Waals surface area contributed by atoms with Crippen molar-refractivity contribution in [1.82, 2.24) is 4.90 Å². The first-order chi connectivity index (χ1) is 7.37. The monoisotopic (exact) mass is 223 g/mol. The normalized spacial score (nSPS) is 25.6. The molecule has 1 aliphatic carbocycles. The Bertz CT molecular complexity index is 323. The van der Waals surface area contributed by atoms with Crippen LogP contribution in [0.2, 0.25) is 0 Å². The highest BCUT2D eigenvalue weighted by Crippen LogP contribution is 2.39. The lowest BCUT2D eigenvalue weighted by Gasteiger charge is -2.27. The summed E-state index contributed by atoms with van der Waals surface area (Å²) in [5.74, 6) is 0.745. The molecule has 1 saturated carbocycles. The number of carbonyl (C=O) groups is 1. The van der Waals surface area contributed by atoms with E-state index in [0.29, 0.717) is 0 Å². The molecule has 0 aromatic rings. The predicted octanol–water partition coefficient (Wildman–Crippen LogP) is 2.96. The number of amides is 1. The van der Waals surface area contributed by atoms with Crippen LogP contribution >= 0.6 is 0 Å². The van der Waals surface area contributed by atoms with Gasteiger partial charge in [-0.1, -0.05) is 6.08 Å². The van der Waals surface area contributed by atoms with E-state index in [2.05, 4.69) is 13.0 Å². The Kier molecular flexibility index (Phi) is 2.72. The molecule has 0 N–H and O–H groups in total. The van der Waals surface area contributed by atoms with Crippen molar-refractivity contribution in [2.75, 3.05) is 6.54 Å². The molecule has 0 saturated heterocycles. The minimum atomic E-state index is -0.404. The average molecular weight is 223 g/mol. The van der Waals surface area contributed by atoms with Crippen molar-refractivity contribution < 1.29 is 9.53 Å². The van der Waals surface area contributed by atoms with E-state index in [9.17, 15) is 4.79 Å². The van der Waals surface area contributed by atoms with E-state index in [1.165, 1.54) is 18.4 Å². The van der Waals surface area contributed by atoms with Crippen LogP contribution in [0.5, 0.6) is 0 Å². The zero-order valence-corrected chi connectivity index (χ0v) is 10.6. The Morgan fingerprint density at radius 1 is 1.44 bits per heavy atom. The van der Waals surface area contributed by atoms with Gasteiger partial charge in [-0.25, -0.2) is 4.79 Å². The van der Waals surface area contributed by atoms with Gasteiger partial charge in [0, 0.05) is 6.54 Å². The molecule has 0 bridgehead atoms. The Hall–Kier alpha value is -0.990. The summed E-state index contributed by atoms with van der Waals surface area (Å²) in [6.45, 7) is 8.53. The molecule has 0 radical (unpaired) electrons. The van der Waals surface area contributed by atoms with Gasteiger partial charge in [0.15, 0.2) is 0 Å². The lowest BCUT2D eigenvalue weighted by molar-refractivity contribution is 0.0250. The smallest absolute Gasteiger partial charge is 0.411 e. The quantitative estimate of drug-likeness (QED) is 0.640. The van der Waals surface area contributed by atoms with E-state index in [-0.39, 0.29) is 12.1 Å². The van der Waals surface area contributed by atoms with E-state index in [1.807, 2.05) is 25.7 Å². The van der Waals surface area contributed by atoms with Crippen LogP contribution in [0.15, 0.2) is 11.6 Å². The van der Waals surface area contributed by atoms with Crippen molar-refractivity contribution in [2.24, 2.45) is 5.92 Å². The summed E-state index contributed by atoms with van der Waals surface area (Å²) in [5, 5.41) is 0. The zero-order chi connectivity index (χ0) is 11.9. The second kappa shape index (κ2) is 3.79. The third kappa shape index (κ3) is 2.57. The lowest BCUT2D eigenvalue weighted by atomic mass is 10.2. The lowest BCUT2D eigenvalue weighted by Crippen LogP contribution is -2.39. The molecule has 1 heterocycles. The van der Waals surface area contributed by atoms with E-state index >= 15 is 0 Å². The molecule has 3 heteroatoms. The Morgan fingerprint density at radius 2 is 2.06 bits per heavy atom. The third-order valence-corrected chi connectivity index (χ3v) is 3.03. The first-order valence-corrected chi connectivity index (χ1v) is 6.07. The van der Waals surface area contributed by atoms with Crippen LogP contribution in [0.4, 0.5) is 4.79 Å². The van der Waals surface area contributed by atoms with Crippen molar-refractivity contribution in [3.63, 3.8) is 0 Å². The van der Waals surface area contributed by atoms with Crippen LogP contribution in [-0.2, 0) is 4.74 Å². The standard InChI is InChI=1S/C13H21NO2/c1-9-7-11(10-5-6-10)8-14(9)12(15)16-13(2,3)4/h7,9-10H,5-6,8H2,1-4H3/t9-/m1/s1. The van der Waals surface area contributed by atoms with Crippen molar-refractivity contribution >= 4 is 6.09 Å². The number of nitrogens with zero attached hydrogens (tertiary/aromatic N) is 1. The summed E-state index contributed by atoms with van der Waals surface area (Å²) in [5.41, 5.74) is 1.03. The molecular weight excluding hydrogens is 202 g/mol. The van der Waals surface area contributed by atoms with E-state index in [1.54, 1.807) is 0 Å². The highest BCUT2D eigenvalue weighted by atomic mass is 16.6. The summed E-state index contributed by atoms with van der Waals surface area (Å²) < 4.78 is 5.39. The van der Waals surface area contributed by atoms with Gasteiger partial charge in [-0.05, 0) is 52.0 Å². The van der Waals surface area contributed by atoms with Gasteiger partial charge in [0.05, 0.1) is 6.04 Å².